The molecule has 0 aliphatic carbocycles. The molecule has 1 rings (SSSR count). The van der Waals surface area contributed by atoms with Crippen molar-refractivity contribution in [2.24, 2.45) is 10.3 Å². The average molecular weight is 249 g/mol. The minimum atomic E-state index is -1.86. The van der Waals surface area contributed by atoms with Gasteiger partial charge in [0, 0.05) is 22.2 Å². The largest absolute Gasteiger partial charge is 0.316 e. The van der Waals surface area contributed by atoms with Crippen LogP contribution in [0.25, 0.3) is 0 Å². The first-order valence-corrected chi connectivity index (χ1v) is 6.25. The minimum Gasteiger partial charge on any atom is -0.316 e. The van der Waals surface area contributed by atoms with E-state index in [4.69, 9.17) is 0 Å². The molecule has 0 aromatic rings. The highest BCUT2D eigenvalue weighted by molar-refractivity contribution is 7.92. The van der Waals surface area contributed by atoms with E-state index in [1.807, 2.05) is 0 Å². The molecule has 0 saturated carbocycles. The number of nitrogens with one attached hydrogen (secondary N) is 1. The molecule has 1 heterocycles. The van der Waals surface area contributed by atoms with Crippen molar-refractivity contribution < 1.29 is 4.21 Å². The summed E-state index contributed by atoms with van der Waals surface area (Å²) in [7, 11) is -1.86. The standard InChI is InChI=1S/C7H16N2OS.2ClH/c1-11(2,10)9-6-7-3-4-8-5-7;;/h7-8H,3-6H2,1-2H3;2*1H. The molecule has 6 heteroatoms. The molecule has 1 aliphatic rings. The van der Waals surface area contributed by atoms with Crippen molar-refractivity contribution in [1.82, 2.24) is 5.32 Å². The summed E-state index contributed by atoms with van der Waals surface area (Å²) in [4.78, 5) is 0. The van der Waals surface area contributed by atoms with Crippen molar-refractivity contribution in [2.45, 2.75) is 6.42 Å². The molecule has 1 N–H and O–H groups in total. The summed E-state index contributed by atoms with van der Waals surface area (Å²) in [6.45, 7) is 2.90. The van der Waals surface area contributed by atoms with Crippen molar-refractivity contribution in [1.29, 1.82) is 0 Å². The molecule has 1 atom stereocenters. The predicted molar refractivity (Wildman–Crippen MR) is 62.8 cm³/mol. The molecule has 0 radical (unpaired) electrons. The Balaban J connectivity index is 0. The Morgan fingerprint density at radius 1 is 1.46 bits per heavy atom. The maximum Gasteiger partial charge on any atom is 0.0524 e. The molecular weight excluding hydrogens is 231 g/mol. The zero-order chi connectivity index (χ0) is 8.32. The van der Waals surface area contributed by atoms with E-state index in [1.165, 1.54) is 6.42 Å². The van der Waals surface area contributed by atoms with E-state index < -0.39 is 9.73 Å². The molecule has 0 spiro atoms. The van der Waals surface area contributed by atoms with Crippen LogP contribution in [-0.2, 0) is 9.73 Å². The molecule has 3 nitrogen and oxygen atoms in total. The second-order valence-corrected chi connectivity index (χ2v) is 5.97. The fourth-order valence-corrected chi connectivity index (χ4v) is 1.72. The van der Waals surface area contributed by atoms with Gasteiger partial charge in [0.2, 0.25) is 0 Å². The number of halogens is 2. The third kappa shape index (κ3) is 7.55. The molecular formula is C7H18Cl2N2OS. The van der Waals surface area contributed by atoms with E-state index in [1.54, 1.807) is 12.5 Å². The third-order valence-electron chi connectivity index (χ3n) is 1.81. The van der Waals surface area contributed by atoms with Gasteiger partial charge in [-0.1, -0.05) is 0 Å². The fraction of sp³-hybridized carbons (Fsp3) is 1.00. The lowest BCUT2D eigenvalue weighted by Crippen LogP contribution is -2.11. The zero-order valence-corrected chi connectivity index (χ0v) is 10.4. The second-order valence-electron chi connectivity index (χ2n) is 3.35. The summed E-state index contributed by atoms with van der Waals surface area (Å²) in [5.41, 5.74) is 0. The van der Waals surface area contributed by atoms with Gasteiger partial charge in [0.05, 0.1) is 6.54 Å². The number of hydrogen-bond donors (Lipinski definition) is 1. The molecule has 1 fully saturated rings. The Morgan fingerprint density at radius 2 is 2.08 bits per heavy atom. The summed E-state index contributed by atoms with van der Waals surface area (Å²) >= 11 is 0. The zero-order valence-electron chi connectivity index (χ0n) is 7.99. The summed E-state index contributed by atoms with van der Waals surface area (Å²) in [5.74, 6) is 0.621. The van der Waals surface area contributed by atoms with Crippen molar-refractivity contribution in [2.75, 3.05) is 32.1 Å². The van der Waals surface area contributed by atoms with E-state index in [-0.39, 0.29) is 24.8 Å². The SMILES string of the molecule is CS(C)(=O)=NCC1CCNC1.Cl.Cl. The summed E-state index contributed by atoms with van der Waals surface area (Å²) in [6, 6.07) is 0. The first kappa shape index (κ1) is 15.9. The van der Waals surface area contributed by atoms with Crippen molar-refractivity contribution in [3.05, 3.63) is 0 Å². The van der Waals surface area contributed by atoms with E-state index >= 15 is 0 Å². The van der Waals surface area contributed by atoms with Gasteiger partial charge in [-0.2, -0.15) is 0 Å². The van der Waals surface area contributed by atoms with Gasteiger partial charge in [0.25, 0.3) is 0 Å². The molecule has 13 heavy (non-hydrogen) atoms. The Labute approximate surface area is 93.1 Å². The molecule has 1 aliphatic heterocycles. The van der Waals surface area contributed by atoms with Crippen molar-refractivity contribution in [3.8, 4) is 0 Å². The van der Waals surface area contributed by atoms with Crippen LogP contribution in [-0.4, -0.2) is 36.4 Å². The van der Waals surface area contributed by atoms with Crippen LogP contribution >= 0.6 is 24.8 Å². The van der Waals surface area contributed by atoms with Crippen molar-refractivity contribution in [3.63, 3.8) is 0 Å². The summed E-state index contributed by atoms with van der Waals surface area (Å²) < 4.78 is 15.3. The van der Waals surface area contributed by atoms with E-state index in [0.717, 1.165) is 19.6 Å². The van der Waals surface area contributed by atoms with Crippen LogP contribution in [0.3, 0.4) is 0 Å². The van der Waals surface area contributed by atoms with Gasteiger partial charge in [0.1, 0.15) is 0 Å². The first-order valence-electron chi connectivity index (χ1n) is 3.91. The van der Waals surface area contributed by atoms with Gasteiger partial charge in [-0.25, -0.2) is 4.36 Å². The average Bonchev–Trinajstić information content (AvgIpc) is 2.32. The van der Waals surface area contributed by atoms with Crippen LogP contribution < -0.4 is 5.32 Å². The smallest absolute Gasteiger partial charge is 0.0524 e. The molecule has 0 bridgehead atoms. The molecule has 1 unspecified atom stereocenters. The second kappa shape index (κ2) is 6.87. The molecule has 0 amide bonds. The fourth-order valence-electron chi connectivity index (χ4n) is 1.16. The van der Waals surface area contributed by atoms with Gasteiger partial charge in [0.15, 0.2) is 0 Å². The van der Waals surface area contributed by atoms with Gasteiger partial charge in [-0.3, -0.25) is 4.21 Å². The molecule has 0 aromatic heterocycles. The van der Waals surface area contributed by atoms with E-state index in [9.17, 15) is 4.21 Å². The maximum absolute atomic E-state index is 11.2. The maximum atomic E-state index is 11.2. The van der Waals surface area contributed by atoms with Crippen LogP contribution in [0, 0.1) is 5.92 Å². The Bertz CT molecular complexity index is 225. The lowest BCUT2D eigenvalue weighted by Gasteiger charge is -2.03. The first-order chi connectivity index (χ1) is 5.08. The molecule has 0 aromatic carbocycles. The topological polar surface area (TPSA) is 41.5 Å². The Morgan fingerprint density at radius 3 is 2.46 bits per heavy atom. The Kier molecular flexibility index (Phi) is 8.43. The highest BCUT2D eigenvalue weighted by Gasteiger charge is 2.13. The van der Waals surface area contributed by atoms with Crippen LogP contribution in [0.5, 0.6) is 0 Å². The van der Waals surface area contributed by atoms with Gasteiger partial charge < -0.3 is 5.32 Å². The summed E-state index contributed by atoms with van der Waals surface area (Å²) in [5, 5.41) is 3.26. The highest BCUT2D eigenvalue weighted by atomic mass is 35.5. The molecule has 1 saturated heterocycles. The quantitative estimate of drug-likeness (QED) is 0.798. The van der Waals surface area contributed by atoms with Crippen LogP contribution in [0.15, 0.2) is 4.36 Å². The van der Waals surface area contributed by atoms with E-state index in [2.05, 4.69) is 9.68 Å². The monoisotopic (exact) mass is 248 g/mol. The van der Waals surface area contributed by atoms with Gasteiger partial charge >= 0.3 is 0 Å². The predicted octanol–water partition coefficient (Wildman–Crippen LogP) is 1.17. The molecule has 82 valence electrons. The van der Waals surface area contributed by atoms with Crippen molar-refractivity contribution >= 4 is 34.5 Å². The number of nitrogens with zero attached hydrogens (tertiary/aromatic N) is 1. The number of rotatable bonds is 2. The Hall–Kier alpha value is 0.490. The minimum absolute atomic E-state index is 0. The van der Waals surface area contributed by atoms with Crippen LogP contribution in [0.1, 0.15) is 6.42 Å². The van der Waals surface area contributed by atoms with Crippen LogP contribution in [0.2, 0.25) is 0 Å². The number of hydrogen-bond acceptors (Lipinski definition) is 3. The lowest BCUT2D eigenvalue weighted by molar-refractivity contribution is 0.596. The lowest BCUT2D eigenvalue weighted by atomic mass is 10.1. The third-order valence-corrected chi connectivity index (χ3v) is 2.58. The van der Waals surface area contributed by atoms with E-state index in [0.29, 0.717) is 5.92 Å². The highest BCUT2D eigenvalue weighted by Crippen LogP contribution is 2.07. The van der Waals surface area contributed by atoms with Crippen LogP contribution in [0.4, 0.5) is 0 Å². The summed E-state index contributed by atoms with van der Waals surface area (Å²) in [6.07, 6.45) is 4.56. The van der Waals surface area contributed by atoms with Gasteiger partial charge in [-0.05, 0) is 25.4 Å². The normalized spacial score (nSPS) is 21.5. The van der Waals surface area contributed by atoms with Gasteiger partial charge in [-0.15, -0.1) is 24.8 Å².